The average molecular weight is 458 g/mol. The topological polar surface area (TPSA) is 89.6 Å². The summed E-state index contributed by atoms with van der Waals surface area (Å²) in [5.74, 6) is -3.63. The van der Waals surface area contributed by atoms with E-state index in [-0.39, 0.29) is 24.4 Å². The zero-order chi connectivity index (χ0) is 24.5. The predicted molar refractivity (Wildman–Crippen MR) is 133 cm³/mol. The van der Waals surface area contributed by atoms with Crippen LogP contribution in [0, 0.1) is 5.92 Å². The summed E-state index contributed by atoms with van der Waals surface area (Å²) < 4.78 is 5.59. The molecule has 0 amide bonds. The largest absolute Gasteiger partial charge is 0.481 e. The summed E-state index contributed by atoms with van der Waals surface area (Å²) in [5, 5.41) is 9.77. The number of esters is 1. The molecule has 0 heterocycles. The molecule has 3 aromatic rings. The van der Waals surface area contributed by atoms with E-state index in [2.05, 4.69) is 32.9 Å². The fourth-order valence-corrected chi connectivity index (χ4v) is 4.68. The molecule has 5 nitrogen and oxygen atoms in total. The molecule has 0 aliphatic heterocycles. The lowest BCUT2D eigenvalue weighted by Gasteiger charge is -2.22. The van der Waals surface area contributed by atoms with Gasteiger partial charge in [-0.25, -0.2) is 0 Å². The van der Waals surface area contributed by atoms with Crippen molar-refractivity contribution in [3.8, 4) is 11.1 Å². The van der Waals surface area contributed by atoms with Crippen LogP contribution in [0.1, 0.15) is 48.9 Å². The van der Waals surface area contributed by atoms with Crippen molar-refractivity contribution in [1.82, 2.24) is 0 Å². The Morgan fingerprint density at radius 3 is 1.94 bits per heavy atom. The maximum atomic E-state index is 12.9. The second-order valence-electron chi connectivity index (χ2n) is 9.99. The van der Waals surface area contributed by atoms with Gasteiger partial charge in [-0.3, -0.25) is 9.59 Å². The highest BCUT2D eigenvalue weighted by molar-refractivity contribution is 5.95. The molecule has 0 saturated carbocycles. The number of rotatable bonds is 7. The lowest BCUT2D eigenvalue weighted by atomic mass is 9.86. The van der Waals surface area contributed by atoms with Gasteiger partial charge in [-0.15, -0.1) is 0 Å². The Morgan fingerprint density at radius 1 is 0.912 bits per heavy atom. The molecular formula is C29H31NO4. The van der Waals surface area contributed by atoms with Gasteiger partial charge < -0.3 is 15.6 Å². The molecule has 176 valence electrons. The number of carbonyl (C=O) groups excluding carboxylic acids is 1. The molecule has 1 aliphatic rings. The molecule has 0 bridgehead atoms. The minimum atomic E-state index is -1.44. The van der Waals surface area contributed by atoms with Crippen molar-refractivity contribution in [2.75, 3.05) is 6.61 Å². The fraction of sp³-hybridized carbons (Fsp3) is 0.310. The van der Waals surface area contributed by atoms with Gasteiger partial charge in [0.25, 0.3) is 0 Å². The van der Waals surface area contributed by atoms with E-state index in [4.69, 9.17) is 10.5 Å². The van der Waals surface area contributed by atoms with E-state index in [1.807, 2.05) is 60.7 Å². The first kappa shape index (κ1) is 23.7. The summed E-state index contributed by atoms with van der Waals surface area (Å²) in [5.41, 5.74) is 12.7. The van der Waals surface area contributed by atoms with Crippen molar-refractivity contribution in [2.24, 2.45) is 11.7 Å². The third-order valence-corrected chi connectivity index (χ3v) is 6.59. The first-order chi connectivity index (χ1) is 16.2. The Bertz CT molecular complexity index is 1150. The average Bonchev–Trinajstić information content (AvgIpc) is 3.11. The normalized spacial score (nSPS) is 14.7. The minimum absolute atomic E-state index is 0.0194. The van der Waals surface area contributed by atoms with Crippen molar-refractivity contribution in [1.29, 1.82) is 0 Å². The highest BCUT2D eigenvalue weighted by atomic mass is 16.5. The van der Waals surface area contributed by atoms with Crippen molar-refractivity contribution in [3.63, 3.8) is 0 Å². The summed E-state index contributed by atoms with van der Waals surface area (Å²) in [7, 11) is 0. The Kier molecular flexibility index (Phi) is 6.58. The molecule has 0 spiro atoms. The van der Waals surface area contributed by atoms with Gasteiger partial charge in [-0.1, -0.05) is 93.6 Å². The Hall–Kier alpha value is -3.44. The highest BCUT2D eigenvalue weighted by Crippen LogP contribution is 2.44. The minimum Gasteiger partial charge on any atom is -0.481 e. The Morgan fingerprint density at radius 2 is 1.44 bits per heavy atom. The van der Waals surface area contributed by atoms with Crippen LogP contribution in [0.15, 0.2) is 72.8 Å². The van der Waals surface area contributed by atoms with Gasteiger partial charge >= 0.3 is 11.9 Å². The molecule has 2 atom stereocenters. The third-order valence-electron chi connectivity index (χ3n) is 6.59. The summed E-state index contributed by atoms with van der Waals surface area (Å²) in [6.45, 7) is 6.46. The summed E-state index contributed by atoms with van der Waals surface area (Å²) >= 11 is 0. The van der Waals surface area contributed by atoms with Gasteiger partial charge in [0, 0.05) is 12.0 Å². The van der Waals surface area contributed by atoms with Crippen molar-refractivity contribution >= 4 is 11.9 Å². The van der Waals surface area contributed by atoms with E-state index in [0.717, 1.165) is 27.8 Å². The number of nitrogens with two attached hydrogens (primary N) is 1. The number of carboxylic acid groups (broad SMARTS) is 1. The van der Waals surface area contributed by atoms with Crippen LogP contribution in [0.5, 0.6) is 0 Å². The molecule has 3 N–H and O–H groups in total. The number of aliphatic carboxylic acids is 1. The third kappa shape index (κ3) is 4.75. The van der Waals surface area contributed by atoms with E-state index in [1.54, 1.807) is 0 Å². The quantitative estimate of drug-likeness (QED) is 0.389. The van der Waals surface area contributed by atoms with Crippen LogP contribution >= 0.6 is 0 Å². The molecule has 4 rings (SSSR count). The van der Waals surface area contributed by atoms with E-state index < -0.39 is 23.9 Å². The number of hydrogen-bond acceptors (Lipinski definition) is 4. The van der Waals surface area contributed by atoms with Crippen LogP contribution in [0.2, 0.25) is 0 Å². The monoisotopic (exact) mass is 457 g/mol. The van der Waals surface area contributed by atoms with E-state index in [1.165, 1.54) is 5.56 Å². The second kappa shape index (κ2) is 9.43. The molecule has 5 heteroatoms. The number of carboxylic acids is 1. The Labute approximate surface area is 200 Å². The van der Waals surface area contributed by atoms with Crippen molar-refractivity contribution in [3.05, 3.63) is 95.1 Å². The summed E-state index contributed by atoms with van der Waals surface area (Å²) in [6.07, 6.45) is 0.269. The van der Waals surface area contributed by atoms with Crippen LogP contribution in [-0.4, -0.2) is 29.7 Å². The standard InChI is InChI=1S/C29H31NO4/c1-29(2,3)19-14-12-18(13-15-19)16-25(30)26(27(31)32)28(33)34-17-24-22-10-6-4-8-20(22)21-9-5-7-11-23(21)24/h4-15,24-26H,16-17,30H2,1-3H3,(H,31,32)/t25-,26+/m1/s1. The van der Waals surface area contributed by atoms with Gasteiger partial charge in [0.1, 0.15) is 6.61 Å². The molecule has 0 radical (unpaired) electrons. The number of fused-ring (bicyclic) bond motifs is 3. The first-order valence-electron chi connectivity index (χ1n) is 11.6. The summed E-state index contributed by atoms with van der Waals surface area (Å²) in [4.78, 5) is 24.9. The highest BCUT2D eigenvalue weighted by Gasteiger charge is 2.36. The zero-order valence-electron chi connectivity index (χ0n) is 19.8. The van der Waals surface area contributed by atoms with E-state index in [9.17, 15) is 14.7 Å². The smallest absolute Gasteiger partial charge is 0.321 e. The van der Waals surface area contributed by atoms with Crippen LogP contribution in [0.3, 0.4) is 0 Å². The van der Waals surface area contributed by atoms with Crippen LogP contribution < -0.4 is 5.73 Å². The maximum Gasteiger partial charge on any atom is 0.321 e. The maximum absolute atomic E-state index is 12.9. The summed E-state index contributed by atoms with van der Waals surface area (Å²) in [6, 6.07) is 23.1. The van der Waals surface area contributed by atoms with Crippen molar-refractivity contribution < 1.29 is 19.4 Å². The Balaban J connectivity index is 1.46. The van der Waals surface area contributed by atoms with Crippen molar-refractivity contribution in [2.45, 2.75) is 44.6 Å². The molecule has 34 heavy (non-hydrogen) atoms. The van der Waals surface area contributed by atoms with E-state index >= 15 is 0 Å². The van der Waals surface area contributed by atoms with Gasteiger partial charge in [0.2, 0.25) is 0 Å². The van der Waals surface area contributed by atoms with Gasteiger partial charge in [0.05, 0.1) is 0 Å². The van der Waals surface area contributed by atoms with Gasteiger partial charge in [-0.2, -0.15) is 0 Å². The number of benzene rings is 3. The fourth-order valence-electron chi connectivity index (χ4n) is 4.68. The van der Waals surface area contributed by atoms with Crippen LogP contribution in [0.25, 0.3) is 11.1 Å². The zero-order valence-corrected chi connectivity index (χ0v) is 19.8. The molecule has 1 aliphatic carbocycles. The second-order valence-corrected chi connectivity index (χ2v) is 9.99. The molecule has 0 saturated heterocycles. The molecule has 0 aromatic heterocycles. The lowest BCUT2D eigenvalue weighted by Crippen LogP contribution is -2.43. The van der Waals surface area contributed by atoms with E-state index in [0.29, 0.717) is 0 Å². The lowest BCUT2D eigenvalue weighted by molar-refractivity contribution is -0.159. The molecule has 3 aromatic carbocycles. The number of carbonyl (C=O) groups is 2. The first-order valence-corrected chi connectivity index (χ1v) is 11.6. The predicted octanol–water partition coefficient (Wildman–Crippen LogP) is 4.91. The molecule has 0 unspecified atom stereocenters. The van der Waals surface area contributed by atoms with Crippen LogP contribution in [0.4, 0.5) is 0 Å². The number of ether oxygens (including phenoxy) is 1. The van der Waals surface area contributed by atoms with Gasteiger partial charge in [0.15, 0.2) is 5.92 Å². The number of hydrogen-bond donors (Lipinski definition) is 2. The van der Waals surface area contributed by atoms with Gasteiger partial charge in [-0.05, 0) is 45.2 Å². The van der Waals surface area contributed by atoms with Crippen LogP contribution in [-0.2, 0) is 26.2 Å². The SMILES string of the molecule is CC(C)(C)c1ccc(C[C@@H](N)[C@@H](C(=O)O)C(=O)OCC2c3ccccc3-c3ccccc32)cc1. The molecule has 0 fully saturated rings. The molecular weight excluding hydrogens is 426 g/mol.